The molecule has 33 heavy (non-hydrogen) atoms. The molecular weight excluding hydrogens is 398 g/mol. The lowest BCUT2D eigenvalue weighted by atomic mass is 9.84. The molecule has 0 fully saturated rings. The van der Waals surface area contributed by atoms with Gasteiger partial charge in [-0.05, 0) is 86.7 Å². The Morgan fingerprint density at radius 3 is 2.27 bits per heavy atom. The maximum absolute atomic E-state index is 4.91. The third-order valence-corrected chi connectivity index (χ3v) is 6.96. The molecule has 6 rings (SSSR count). The lowest BCUT2D eigenvalue weighted by molar-refractivity contribution is 0.876. The van der Waals surface area contributed by atoms with Gasteiger partial charge in [-0.3, -0.25) is 4.98 Å². The highest BCUT2D eigenvalue weighted by atomic mass is 14.7. The summed E-state index contributed by atoms with van der Waals surface area (Å²) in [6.07, 6.45) is 4.21. The molecule has 0 radical (unpaired) electrons. The van der Waals surface area contributed by atoms with E-state index in [1.165, 1.54) is 55.3 Å². The Labute approximate surface area is 195 Å². The smallest absolute Gasteiger partial charge is 0.0708 e. The number of nitrogens with zero attached hydrogens (tertiary/aromatic N) is 1. The van der Waals surface area contributed by atoms with Crippen LogP contribution < -0.4 is 0 Å². The van der Waals surface area contributed by atoms with Gasteiger partial charge in [0.2, 0.25) is 0 Å². The minimum atomic E-state index is 0.463. The average Bonchev–Trinajstić information content (AvgIpc) is 2.87. The molecule has 160 valence electrons. The normalized spacial score (nSPS) is 12.6. The molecule has 0 bridgehead atoms. The Morgan fingerprint density at radius 2 is 1.42 bits per heavy atom. The SMILES string of the molecule is CC(C)c1cc(-c2cc3c(cn2)CCc2cc(-c4ccccc4)ccc2-3)cc2ccccc12. The highest BCUT2D eigenvalue weighted by Crippen LogP contribution is 2.38. The zero-order valence-electron chi connectivity index (χ0n) is 19.2. The summed E-state index contributed by atoms with van der Waals surface area (Å²) in [7, 11) is 0. The number of aryl methyl sites for hydroxylation is 2. The number of pyridine rings is 1. The molecule has 1 aliphatic rings. The third kappa shape index (κ3) is 3.54. The lowest BCUT2D eigenvalue weighted by Gasteiger charge is -2.21. The first-order chi connectivity index (χ1) is 16.2. The molecule has 1 nitrogen and oxygen atoms in total. The molecule has 0 spiro atoms. The van der Waals surface area contributed by atoms with Crippen molar-refractivity contribution in [2.24, 2.45) is 0 Å². The molecule has 0 amide bonds. The van der Waals surface area contributed by atoms with Crippen molar-refractivity contribution in [2.45, 2.75) is 32.6 Å². The van der Waals surface area contributed by atoms with Crippen molar-refractivity contribution >= 4 is 10.8 Å². The Morgan fingerprint density at radius 1 is 0.636 bits per heavy atom. The van der Waals surface area contributed by atoms with Crippen molar-refractivity contribution in [3.8, 4) is 33.5 Å². The van der Waals surface area contributed by atoms with E-state index in [2.05, 4.69) is 111 Å². The van der Waals surface area contributed by atoms with E-state index in [1.54, 1.807) is 0 Å². The molecule has 0 N–H and O–H groups in total. The largest absolute Gasteiger partial charge is 0.256 e. The number of rotatable bonds is 3. The van der Waals surface area contributed by atoms with Crippen LogP contribution in [-0.2, 0) is 12.8 Å². The van der Waals surface area contributed by atoms with Crippen LogP contribution in [0.1, 0.15) is 36.5 Å². The van der Waals surface area contributed by atoms with Crippen LogP contribution >= 0.6 is 0 Å². The number of hydrogen-bond donors (Lipinski definition) is 0. The molecule has 1 aromatic heterocycles. The van der Waals surface area contributed by atoms with E-state index in [0.717, 1.165) is 18.5 Å². The van der Waals surface area contributed by atoms with Gasteiger partial charge in [-0.1, -0.05) is 86.6 Å². The van der Waals surface area contributed by atoms with Gasteiger partial charge in [-0.2, -0.15) is 0 Å². The second-order valence-corrected chi connectivity index (χ2v) is 9.41. The second-order valence-electron chi connectivity index (χ2n) is 9.41. The Balaban J connectivity index is 1.47. The summed E-state index contributed by atoms with van der Waals surface area (Å²) in [4.78, 5) is 4.91. The molecule has 0 atom stereocenters. The van der Waals surface area contributed by atoms with Crippen molar-refractivity contribution in [1.29, 1.82) is 0 Å². The number of aromatic nitrogens is 1. The topological polar surface area (TPSA) is 12.9 Å². The van der Waals surface area contributed by atoms with E-state index < -0.39 is 0 Å². The molecule has 0 saturated heterocycles. The quantitative estimate of drug-likeness (QED) is 0.282. The maximum atomic E-state index is 4.91. The lowest BCUT2D eigenvalue weighted by Crippen LogP contribution is -2.05. The fourth-order valence-electron chi connectivity index (χ4n) is 5.20. The second kappa shape index (κ2) is 8.01. The Hall–Kier alpha value is -3.71. The van der Waals surface area contributed by atoms with Crippen LogP contribution in [0, 0.1) is 0 Å². The van der Waals surface area contributed by atoms with E-state index in [4.69, 9.17) is 4.98 Å². The van der Waals surface area contributed by atoms with E-state index in [1.807, 2.05) is 0 Å². The summed E-state index contributed by atoms with van der Waals surface area (Å²) in [6, 6.07) is 33.2. The molecule has 0 saturated carbocycles. The van der Waals surface area contributed by atoms with E-state index in [0.29, 0.717) is 5.92 Å². The van der Waals surface area contributed by atoms with Gasteiger partial charge in [0, 0.05) is 11.8 Å². The predicted molar refractivity (Wildman–Crippen MR) is 140 cm³/mol. The van der Waals surface area contributed by atoms with E-state index >= 15 is 0 Å². The average molecular weight is 426 g/mol. The highest BCUT2D eigenvalue weighted by Gasteiger charge is 2.19. The predicted octanol–water partition coefficient (Wildman–Crippen LogP) is 8.46. The molecule has 1 heterocycles. The molecule has 1 heteroatoms. The van der Waals surface area contributed by atoms with Crippen molar-refractivity contribution < 1.29 is 0 Å². The monoisotopic (exact) mass is 425 g/mol. The first-order valence-electron chi connectivity index (χ1n) is 11.9. The molecule has 0 aliphatic heterocycles. The summed E-state index contributed by atoms with van der Waals surface area (Å²) in [6.45, 7) is 4.54. The summed E-state index contributed by atoms with van der Waals surface area (Å²) >= 11 is 0. The number of fused-ring (bicyclic) bond motifs is 4. The molecule has 1 aliphatic carbocycles. The molecule has 0 unspecified atom stereocenters. The molecule has 5 aromatic rings. The Bertz CT molecular complexity index is 1480. The van der Waals surface area contributed by atoms with Crippen LogP contribution in [0.5, 0.6) is 0 Å². The minimum absolute atomic E-state index is 0.463. The van der Waals surface area contributed by atoms with Gasteiger partial charge in [-0.25, -0.2) is 0 Å². The van der Waals surface area contributed by atoms with Crippen LogP contribution in [0.25, 0.3) is 44.3 Å². The van der Waals surface area contributed by atoms with Crippen LogP contribution in [0.15, 0.2) is 97.2 Å². The first kappa shape index (κ1) is 19.9. The standard InChI is InChI=1S/C32H27N/c1-21(2)30-18-27(17-24-10-6-7-11-28(24)30)32-19-31-26(20-33-32)13-12-25-16-23(14-15-29(25)31)22-8-4-3-5-9-22/h3-11,14-21H,12-13H2,1-2H3. The van der Waals surface area contributed by atoms with Crippen LogP contribution in [-0.4, -0.2) is 4.98 Å². The zero-order chi connectivity index (χ0) is 22.4. The van der Waals surface area contributed by atoms with Gasteiger partial charge in [0.05, 0.1) is 5.69 Å². The fraction of sp³-hybridized carbons (Fsp3) is 0.156. The maximum Gasteiger partial charge on any atom is 0.0708 e. The van der Waals surface area contributed by atoms with Crippen molar-refractivity contribution in [3.05, 3.63) is 114 Å². The van der Waals surface area contributed by atoms with E-state index in [-0.39, 0.29) is 0 Å². The van der Waals surface area contributed by atoms with Gasteiger partial charge in [0.25, 0.3) is 0 Å². The van der Waals surface area contributed by atoms with Crippen molar-refractivity contribution in [2.75, 3.05) is 0 Å². The Kier molecular flexibility index (Phi) is 4.84. The summed E-state index contributed by atoms with van der Waals surface area (Å²) in [5, 5.41) is 2.62. The zero-order valence-corrected chi connectivity index (χ0v) is 19.2. The number of benzene rings is 4. The van der Waals surface area contributed by atoms with Gasteiger partial charge >= 0.3 is 0 Å². The fourth-order valence-corrected chi connectivity index (χ4v) is 5.20. The third-order valence-electron chi connectivity index (χ3n) is 6.96. The minimum Gasteiger partial charge on any atom is -0.256 e. The first-order valence-corrected chi connectivity index (χ1v) is 11.9. The van der Waals surface area contributed by atoms with Crippen molar-refractivity contribution in [1.82, 2.24) is 4.98 Å². The molecular formula is C32H27N. The highest BCUT2D eigenvalue weighted by molar-refractivity contribution is 5.91. The van der Waals surface area contributed by atoms with Crippen LogP contribution in [0.3, 0.4) is 0 Å². The summed E-state index contributed by atoms with van der Waals surface area (Å²) in [5.74, 6) is 0.463. The van der Waals surface area contributed by atoms with Crippen LogP contribution in [0.4, 0.5) is 0 Å². The van der Waals surface area contributed by atoms with Crippen LogP contribution in [0.2, 0.25) is 0 Å². The summed E-state index contributed by atoms with van der Waals surface area (Å²) < 4.78 is 0. The number of hydrogen-bond acceptors (Lipinski definition) is 1. The van der Waals surface area contributed by atoms with Gasteiger partial charge < -0.3 is 0 Å². The van der Waals surface area contributed by atoms with E-state index in [9.17, 15) is 0 Å². The molecule has 4 aromatic carbocycles. The van der Waals surface area contributed by atoms with Crippen molar-refractivity contribution in [3.63, 3.8) is 0 Å². The van der Waals surface area contributed by atoms with Gasteiger partial charge in [0.15, 0.2) is 0 Å². The van der Waals surface area contributed by atoms with Gasteiger partial charge in [0.1, 0.15) is 0 Å². The summed E-state index contributed by atoms with van der Waals surface area (Å²) in [5.41, 5.74) is 11.7. The van der Waals surface area contributed by atoms with Gasteiger partial charge in [-0.15, -0.1) is 0 Å².